The van der Waals surface area contributed by atoms with E-state index in [0.29, 0.717) is 18.1 Å². The van der Waals surface area contributed by atoms with Crippen LogP contribution >= 0.6 is 0 Å². The van der Waals surface area contributed by atoms with E-state index in [4.69, 9.17) is 0 Å². The third-order valence-corrected chi connectivity index (χ3v) is 2.90. The van der Waals surface area contributed by atoms with Crippen molar-refractivity contribution in [1.29, 1.82) is 0 Å². The summed E-state index contributed by atoms with van der Waals surface area (Å²) in [5, 5.41) is 2.95. The number of aromatic nitrogens is 2. The first kappa shape index (κ1) is 12.4. The Hall–Kier alpha value is -2.10. The van der Waals surface area contributed by atoms with Crippen LogP contribution < -0.4 is 10.9 Å². The van der Waals surface area contributed by atoms with Crippen molar-refractivity contribution >= 4 is 5.95 Å². The maximum atomic E-state index is 12.1. The summed E-state index contributed by atoms with van der Waals surface area (Å²) in [5.74, 6) is 0.589. The first-order chi connectivity index (χ1) is 8.61. The molecule has 1 aromatic carbocycles. The van der Waals surface area contributed by atoms with Crippen molar-refractivity contribution in [2.24, 2.45) is 0 Å². The van der Waals surface area contributed by atoms with Crippen LogP contribution in [0.4, 0.5) is 5.95 Å². The number of nitrogens with one attached hydrogen (secondary N) is 1. The normalized spacial score (nSPS) is 10.4. The second-order valence-electron chi connectivity index (χ2n) is 4.39. The summed E-state index contributed by atoms with van der Waals surface area (Å²) in [6, 6.07) is 8.15. The third kappa shape index (κ3) is 2.42. The second-order valence-corrected chi connectivity index (χ2v) is 4.39. The Balaban J connectivity index is 2.42. The molecule has 0 saturated heterocycles. The molecule has 18 heavy (non-hydrogen) atoms. The molecular formula is C14H17N3O. The molecule has 94 valence electrons. The van der Waals surface area contributed by atoms with Gasteiger partial charge in [-0.1, -0.05) is 29.8 Å². The predicted molar refractivity (Wildman–Crippen MR) is 73.1 cm³/mol. The lowest BCUT2D eigenvalue weighted by Gasteiger charge is -2.12. The van der Waals surface area contributed by atoms with Crippen LogP contribution in [0.5, 0.6) is 0 Å². The smallest absolute Gasteiger partial charge is 0.258 e. The zero-order valence-electron chi connectivity index (χ0n) is 10.9. The van der Waals surface area contributed by atoms with E-state index in [1.165, 1.54) is 5.56 Å². The van der Waals surface area contributed by atoms with E-state index in [-0.39, 0.29) is 5.56 Å². The molecule has 0 bridgehead atoms. The molecule has 0 aliphatic rings. The van der Waals surface area contributed by atoms with Crippen molar-refractivity contribution in [2.75, 3.05) is 12.4 Å². The molecule has 4 heteroatoms. The molecule has 1 heterocycles. The first-order valence-electron chi connectivity index (χ1n) is 5.91. The van der Waals surface area contributed by atoms with Gasteiger partial charge in [0.25, 0.3) is 5.56 Å². The van der Waals surface area contributed by atoms with Gasteiger partial charge in [-0.15, -0.1) is 0 Å². The summed E-state index contributed by atoms with van der Waals surface area (Å²) in [4.78, 5) is 16.3. The fourth-order valence-electron chi connectivity index (χ4n) is 1.81. The monoisotopic (exact) mass is 243 g/mol. The van der Waals surface area contributed by atoms with Crippen molar-refractivity contribution in [3.63, 3.8) is 0 Å². The number of nitrogens with zero attached hydrogens (tertiary/aromatic N) is 2. The molecule has 0 saturated carbocycles. The zero-order valence-corrected chi connectivity index (χ0v) is 10.9. The van der Waals surface area contributed by atoms with E-state index in [2.05, 4.69) is 10.3 Å². The van der Waals surface area contributed by atoms with Gasteiger partial charge in [-0.3, -0.25) is 9.36 Å². The summed E-state index contributed by atoms with van der Waals surface area (Å²) in [5.41, 5.74) is 2.95. The fourth-order valence-corrected chi connectivity index (χ4v) is 1.81. The summed E-state index contributed by atoms with van der Waals surface area (Å²) >= 11 is 0. The van der Waals surface area contributed by atoms with Gasteiger partial charge in [-0.05, 0) is 19.4 Å². The van der Waals surface area contributed by atoms with Crippen molar-refractivity contribution in [2.45, 2.75) is 20.4 Å². The molecule has 0 atom stereocenters. The van der Waals surface area contributed by atoms with Gasteiger partial charge in [-0.25, -0.2) is 4.98 Å². The Morgan fingerprint density at radius 1 is 1.22 bits per heavy atom. The van der Waals surface area contributed by atoms with Gasteiger partial charge in [0.2, 0.25) is 5.95 Å². The van der Waals surface area contributed by atoms with E-state index in [1.807, 2.05) is 31.2 Å². The minimum Gasteiger partial charge on any atom is -0.359 e. The number of aryl methyl sites for hydroxylation is 2. The largest absolute Gasteiger partial charge is 0.359 e. The van der Waals surface area contributed by atoms with Gasteiger partial charge in [0.1, 0.15) is 0 Å². The molecule has 0 aliphatic carbocycles. The quantitative estimate of drug-likeness (QED) is 0.896. The van der Waals surface area contributed by atoms with Crippen LogP contribution in [0.25, 0.3) is 0 Å². The van der Waals surface area contributed by atoms with E-state index in [1.54, 1.807) is 24.7 Å². The number of hydrogen-bond donors (Lipinski definition) is 1. The van der Waals surface area contributed by atoms with Gasteiger partial charge in [0, 0.05) is 18.8 Å². The molecule has 1 N–H and O–H groups in total. The van der Waals surface area contributed by atoms with E-state index in [0.717, 1.165) is 5.56 Å². The third-order valence-electron chi connectivity index (χ3n) is 2.90. The minimum absolute atomic E-state index is 0.00470. The van der Waals surface area contributed by atoms with E-state index < -0.39 is 0 Å². The maximum absolute atomic E-state index is 12.1. The minimum atomic E-state index is -0.00470. The lowest BCUT2D eigenvalue weighted by atomic mass is 10.1. The number of benzene rings is 1. The number of rotatable bonds is 3. The highest BCUT2D eigenvalue weighted by atomic mass is 16.1. The molecule has 0 fully saturated rings. The molecule has 0 aliphatic heterocycles. The molecule has 0 amide bonds. The summed E-state index contributed by atoms with van der Waals surface area (Å²) < 4.78 is 1.65. The van der Waals surface area contributed by atoms with Gasteiger partial charge >= 0.3 is 0 Å². The molecule has 0 unspecified atom stereocenters. The topological polar surface area (TPSA) is 46.9 Å². The summed E-state index contributed by atoms with van der Waals surface area (Å²) in [7, 11) is 1.77. The van der Waals surface area contributed by atoms with Gasteiger partial charge in [0.05, 0.1) is 6.54 Å². The first-order valence-corrected chi connectivity index (χ1v) is 5.91. The van der Waals surface area contributed by atoms with Crippen LogP contribution in [0.2, 0.25) is 0 Å². The van der Waals surface area contributed by atoms with E-state index in [9.17, 15) is 4.79 Å². The highest BCUT2D eigenvalue weighted by Crippen LogP contribution is 2.08. The number of anilines is 1. The molecular weight excluding hydrogens is 226 g/mol. The highest BCUT2D eigenvalue weighted by molar-refractivity contribution is 5.29. The summed E-state index contributed by atoms with van der Waals surface area (Å²) in [6.07, 6.45) is 1.60. The average Bonchev–Trinajstić information content (AvgIpc) is 2.38. The maximum Gasteiger partial charge on any atom is 0.258 e. The number of hydrogen-bond acceptors (Lipinski definition) is 3. The van der Waals surface area contributed by atoms with Gasteiger partial charge < -0.3 is 5.32 Å². The SMILES string of the molecule is CNc1ncc(C)c(=O)n1Cc1ccc(C)cc1. The van der Waals surface area contributed by atoms with Crippen molar-refractivity contribution < 1.29 is 0 Å². The van der Waals surface area contributed by atoms with Gasteiger partial charge in [-0.2, -0.15) is 0 Å². The van der Waals surface area contributed by atoms with E-state index >= 15 is 0 Å². The van der Waals surface area contributed by atoms with Crippen LogP contribution in [0.15, 0.2) is 35.3 Å². The van der Waals surface area contributed by atoms with Crippen LogP contribution in [0.3, 0.4) is 0 Å². The molecule has 0 spiro atoms. The predicted octanol–water partition coefficient (Wildman–Crippen LogP) is 1.95. The van der Waals surface area contributed by atoms with Gasteiger partial charge in [0.15, 0.2) is 0 Å². The van der Waals surface area contributed by atoms with Crippen molar-refractivity contribution in [1.82, 2.24) is 9.55 Å². The van der Waals surface area contributed by atoms with Crippen LogP contribution in [-0.4, -0.2) is 16.6 Å². The highest BCUT2D eigenvalue weighted by Gasteiger charge is 2.07. The lowest BCUT2D eigenvalue weighted by Crippen LogP contribution is -2.26. The summed E-state index contributed by atoms with van der Waals surface area (Å²) in [6.45, 7) is 4.35. The standard InChI is InChI=1S/C14H17N3O/c1-10-4-6-12(7-5-10)9-17-13(18)11(2)8-16-14(17)15-3/h4-8H,9H2,1-3H3,(H,15,16). The molecule has 2 rings (SSSR count). The Morgan fingerprint density at radius 2 is 1.89 bits per heavy atom. The van der Waals surface area contributed by atoms with Crippen LogP contribution in [0.1, 0.15) is 16.7 Å². The molecule has 0 radical (unpaired) electrons. The van der Waals surface area contributed by atoms with Crippen molar-refractivity contribution in [3.8, 4) is 0 Å². The Morgan fingerprint density at radius 3 is 2.50 bits per heavy atom. The molecule has 1 aromatic heterocycles. The molecule has 2 aromatic rings. The average molecular weight is 243 g/mol. The fraction of sp³-hybridized carbons (Fsp3) is 0.286. The lowest BCUT2D eigenvalue weighted by molar-refractivity contribution is 0.738. The Bertz CT molecular complexity index is 599. The van der Waals surface area contributed by atoms with Crippen molar-refractivity contribution in [3.05, 3.63) is 57.5 Å². The Kier molecular flexibility index (Phi) is 3.46. The zero-order chi connectivity index (χ0) is 13.1. The van der Waals surface area contributed by atoms with Crippen LogP contribution in [-0.2, 0) is 6.54 Å². The molecule has 4 nitrogen and oxygen atoms in total. The second kappa shape index (κ2) is 5.04. The Labute approximate surface area is 106 Å². The van der Waals surface area contributed by atoms with Crippen LogP contribution in [0, 0.1) is 13.8 Å².